The molecular formula is C17H20N2O5S. The topological polar surface area (TPSA) is 110 Å². The Morgan fingerprint density at radius 1 is 1.08 bits per heavy atom. The van der Waals surface area contributed by atoms with Gasteiger partial charge >= 0.3 is 0 Å². The Bertz CT molecular complexity index is 792. The van der Waals surface area contributed by atoms with E-state index in [0.29, 0.717) is 12.0 Å². The summed E-state index contributed by atoms with van der Waals surface area (Å²) >= 11 is 0. The summed E-state index contributed by atoms with van der Waals surface area (Å²) in [6.45, 7) is 0.142. The minimum absolute atomic E-state index is 0.0381. The molecule has 2 N–H and O–H groups in total. The first-order valence-electron chi connectivity index (χ1n) is 7.78. The molecule has 0 aliphatic rings. The van der Waals surface area contributed by atoms with Crippen LogP contribution in [0.3, 0.4) is 0 Å². The van der Waals surface area contributed by atoms with Crippen molar-refractivity contribution >= 4 is 15.7 Å². The van der Waals surface area contributed by atoms with E-state index in [1.807, 2.05) is 30.3 Å². The fraction of sp³-hybridized carbons (Fsp3) is 0.294. The van der Waals surface area contributed by atoms with E-state index in [0.717, 1.165) is 5.56 Å². The molecule has 0 saturated carbocycles. The zero-order valence-corrected chi connectivity index (χ0v) is 14.4. The molecular weight excluding hydrogens is 344 g/mol. The number of non-ortho nitro benzene ring substituents is 1. The van der Waals surface area contributed by atoms with Crippen LogP contribution < -0.4 is 4.72 Å². The number of sulfonamides is 1. The van der Waals surface area contributed by atoms with E-state index >= 15 is 0 Å². The van der Waals surface area contributed by atoms with Crippen LogP contribution in [0.5, 0.6) is 0 Å². The SMILES string of the molecule is O=[N+]([O-])c1ccc(CS(=O)(=O)NC[C@H](CCO)c2ccccc2)cc1. The monoisotopic (exact) mass is 364 g/mol. The van der Waals surface area contributed by atoms with Crippen molar-refractivity contribution in [1.82, 2.24) is 4.72 Å². The maximum Gasteiger partial charge on any atom is 0.269 e. The molecule has 25 heavy (non-hydrogen) atoms. The van der Waals surface area contributed by atoms with Crippen molar-refractivity contribution in [3.63, 3.8) is 0 Å². The van der Waals surface area contributed by atoms with Gasteiger partial charge in [0.05, 0.1) is 10.7 Å². The lowest BCUT2D eigenvalue weighted by Crippen LogP contribution is -2.30. The molecule has 0 aromatic heterocycles. The molecule has 8 heteroatoms. The van der Waals surface area contributed by atoms with Gasteiger partial charge in [-0.15, -0.1) is 0 Å². The third-order valence-corrected chi connectivity index (χ3v) is 5.12. The van der Waals surface area contributed by atoms with E-state index in [1.54, 1.807) is 0 Å². The third-order valence-electron chi connectivity index (χ3n) is 3.80. The standard InChI is InChI=1S/C17H20N2O5S/c20-11-10-16(15-4-2-1-3-5-15)12-18-25(23,24)13-14-6-8-17(9-7-14)19(21)22/h1-9,16,18,20H,10-13H2/t16-/m0/s1. The summed E-state index contributed by atoms with van der Waals surface area (Å²) in [5.74, 6) is -0.385. The third kappa shape index (κ3) is 5.93. The molecule has 0 spiro atoms. The first-order chi connectivity index (χ1) is 11.9. The number of nitrogens with one attached hydrogen (secondary N) is 1. The Morgan fingerprint density at radius 2 is 1.72 bits per heavy atom. The van der Waals surface area contributed by atoms with Crippen LogP contribution in [0.4, 0.5) is 5.69 Å². The van der Waals surface area contributed by atoms with Crippen molar-refractivity contribution < 1.29 is 18.4 Å². The number of hydrogen-bond donors (Lipinski definition) is 2. The highest BCUT2D eigenvalue weighted by molar-refractivity contribution is 7.88. The highest BCUT2D eigenvalue weighted by atomic mass is 32.2. The number of benzene rings is 2. The zero-order valence-electron chi connectivity index (χ0n) is 13.5. The second kappa shape index (κ2) is 8.70. The smallest absolute Gasteiger partial charge is 0.269 e. The summed E-state index contributed by atoms with van der Waals surface area (Å²) in [5, 5.41) is 19.8. The first-order valence-corrected chi connectivity index (χ1v) is 9.43. The molecule has 7 nitrogen and oxygen atoms in total. The summed E-state index contributed by atoms with van der Waals surface area (Å²) in [7, 11) is -3.59. The highest BCUT2D eigenvalue weighted by Gasteiger charge is 2.17. The van der Waals surface area contributed by atoms with Gasteiger partial charge in [-0.3, -0.25) is 10.1 Å². The van der Waals surface area contributed by atoms with E-state index in [-0.39, 0.29) is 30.5 Å². The predicted molar refractivity (Wildman–Crippen MR) is 94.6 cm³/mol. The summed E-state index contributed by atoms with van der Waals surface area (Å²) in [5.41, 5.74) is 1.34. The van der Waals surface area contributed by atoms with Crippen LogP contribution >= 0.6 is 0 Å². The molecule has 0 unspecified atom stereocenters. The summed E-state index contributed by atoms with van der Waals surface area (Å²) in [6, 6.07) is 14.8. The van der Waals surface area contributed by atoms with Gasteiger partial charge in [-0.05, 0) is 23.5 Å². The molecule has 0 fully saturated rings. The van der Waals surface area contributed by atoms with Gasteiger partial charge in [-0.1, -0.05) is 42.5 Å². The van der Waals surface area contributed by atoms with Gasteiger partial charge in [0, 0.05) is 25.3 Å². The predicted octanol–water partition coefficient (Wildman–Crippen LogP) is 2.18. The Balaban J connectivity index is 2.00. The van der Waals surface area contributed by atoms with Gasteiger partial charge in [0.15, 0.2) is 0 Å². The Kier molecular flexibility index (Phi) is 6.63. The van der Waals surface area contributed by atoms with E-state index in [4.69, 9.17) is 0 Å². The number of nitro groups is 1. The fourth-order valence-corrected chi connectivity index (χ4v) is 3.67. The van der Waals surface area contributed by atoms with Gasteiger partial charge in [-0.25, -0.2) is 13.1 Å². The lowest BCUT2D eigenvalue weighted by atomic mass is 9.96. The van der Waals surface area contributed by atoms with Crippen LogP contribution in [0.25, 0.3) is 0 Å². The average molecular weight is 364 g/mol. The van der Waals surface area contributed by atoms with Gasteiger partial charge < -0.3 is 5.11 Å². The average Bonchev–Trinajstić information content (AvgIpc) is 2.59. The number of aliphatic hydroxyl groups is 1. The second-order valence-corrected chi connectivity index (χ2v) is 7.46. The zero-order chi connectivity index (χ0) is 18.3. The molecule has 1 atom stereocenters. The van der Waals surface area contributed by atoms with Crippen LogP contribution in [0.1, 0.15) is 23.5 Å². The summed E-state index contributed by atoms with van der Waals surface area (Å²) in [4.78, 5) is 10.1. The van der Waals surface area contributed by atoms with Crippen molar-refractivity contribution in [3.8, 4) is 0 Å². The van der Waals surface area contributed by atoms with E-state index in [1.165, 1.54) is 24.3 Å². The first kappa shape index (κ1) is 19.0. The lowest BCUT2D eigenvalue weighted by molar-refractivity contribution is -0.384. The number of nitrogens with zero attached hydrogens (tertiary/aromatic N) is 1. The summed E-state index contributed by atoms with van der Waals surface area (Å²) in [6.07, 6.45) is 0.448. The van der Waals surface area contributed by atoms with Crippen molar-refractivity contribution in [2.75, 3.05) is 13.2 Å². The molecule has 2 rings (SSSR count). The second-order valence-electron chi connectivity index (χ2n) is 5.65. The molecule has 0 heterocycles. The molecule has 0 aliphatic heterocycles. The Labute approximate surface area is 146 Å². The molecule has 0 aliphatic carbocycles. The minimum atomic E-state index is -3.59. The molecule has 2 aromatic carbocycles. The molecule has 134 valence electrons. The number of hydrogen-bond acceptors (Lipinski definition) is 5. The summed E-state index contributed by atoms with van der Waals surface area (Å²) < 4.78 is 27.1. The maximum atomic E-state index is 12.3. The van der Waals surface area contributed by atoms with Crippen LogP contribution in [-0.2, 0) is 15.8 Å². The Hall–Kier alpha value is -2.29. The van der Waals surface area contributed by atoms with Crippen LogP contribution in [0.2, 0.25) is 0 Å². The normalized spacial score (nSPS) is 12.7. The van der Waals surface area contributed by atoms with Crippen LogP contribution in [0.15, 0.2) is 54.6 Å². The van der Waals surface area contributed by atoms with E-state index < -0.39 is 14.9 Å². The van der Waals surface area contributed by atoms with Crippen LogP contribution in [0, 0.1) is 10.1 Å². The van der Waals surface area contributed by atoms with Gasteiger partial charge in [-0.2, -0.15) is 0 Å². The lowest BCUT2D eigenvalue weighted by Gasteiger charge is -2.17. The number of rotatable bonds is 9. The molecule has 0 amide bonds. The highest BCUT2D eigenvalue weighted by Crippen LogP contribution is 2.19. The molecule has 2 aromatic rings. The number of aliphatic hydroxyl groups excluding tert-OH is 1. The largest absolute Gasteiger partial charge is 0.396 e. The van der Waals surface area contributed by atoms with Crippen molar-refractivity contribution in [2.24, 2.45) is 0 Å². The van der Waals surface area contributed by atoms with Crippen molar-refractivity contribution in [2.45, 2.75) is 18.1 Å². The van der Waals surface area contributed by atoms with Crippen LogP contribution in [-0.4, -0.2) is 31.6 Å². The van der Waals surface area contributed by atoms with Crippen molar-refractivity contribution in [1.29, 1.82) is 0 Å². The molecule has 0 saturated heterocycles. The molecule has 0 bridgehead atoms. The van der Waals surface area contributed by atoms with Gasteiger partial charge in [0.25, 0.3) is 5.69 Å². The molecule has 0 radical (unpaired) electrons. The number of nitro benzene ring substituents is 1. The minimum Gasteiger partial charge on any atom is -0.396 e. The maximum absolute atomic E-state index is 12.3. The fourth-order valence-electron chi connectivity index (χ4n) is 2.48. The van der Waals surface area contributed by atoms with E-state index in [2.05, 4.69) is 4.72 Å². The van der Waals surface area contributed by atoms with E-state index in [9.17, 15) is 23.6 Å². The van der Waals surface area contributed by atoms with Gasteiger partial charge in [0.2, 0.25) is 10.0 Å². The van der Waals surface area contributed by atoms with Gasteiger partial charge in [0.1, 0.15) is 0 Å². The Morgan fingerprint density at radius 3 is 2.28 bits per heavy atom. The van der Waals surface area contributed by atoms with Crippen molar-refractivity contribution in [3.05, 3.63) is 75.8 Å². The quantitative estimate of drug-likeness (QED) is 0.523.